The van der Waals surface area contributed by atoms with Crippen LogP contribution in [0, 0.1) is 6.92 Å². The average Bonchev–Trinajstić information content (AvgIpc) is 3.25. The summed E-state index contributed by atoms with van der Waals surface area (Å²) in [6.07, 6.45) is 2.18. The minimum Gasteiger partial charge on any atom is -0.454 e. The Bertz CT molecular complexity index is 951. The van der Waals surface area contributed by atoms with E-state index in [1.807, 2.05) is 49.1 Å². The Morgan fingerprint density at radius 3 is 2.67 bits per heavy atom. The highest BCUT2D eigenvalue weighted by atomic mass is 16.7. The van der Waals surface area contributed by atoms with E-state index in [1.165, 1.54) is 0 Å². The summed E-state index contributed by atoms with van der Waals surface area (Å²) in [5.74, 6) is 1.66. The van der Waals surface area contributed by atoms with Crippen molar-refractivity contribution in [2.75, 3.05) is 19.9 Å². The number of amides is 2. The van der Waals surface area contributed by atoms with Gasteiger partial charge in [0.2, 0.25) is 12.7 Å². The maximum Gasteiger partial charge on any atom is 0.253 e. The van der Waals surface area contributed by atoms with Crippen molar-refractivity contribution in [1.82, 2.24) is 15.2 Å². The number of pyridine rings is 1. The van der Waals surface area contributed by atoms with Crippen LogP contribution in [0.5, 0.6) is 11.5 Å². The number of ether oxygens (including phenoxy) is 2. The number of nitrogens with one attached hydrogen (secondary N) is 1. The minimum atomic E-state index is -0.137. The summed E-state index contributed by atoms with van der Waals surface area (Å²) in [4.78, 5) is 31.6. The number of likely N-dealkylation sites (tertiary alicyclic amines) is 1. The number of aromatic nitrogens is 1. The van der Waals surface area contributed by atoms with E-state index in [-0.39, 0.29) is 24.5 Å². The van der Waals surface area contributed by atoms with Crippen LogP contribution in [0.4, 0.5) is 0 Å². The van der Waals surface area contributed by atoms with E-state index in [0.717, 1.165) is 35.5 Å². The van der Waals surface area contributed by atoms with E-state index in [2.05, 4.69) is 5.32 Å². The van der Waals surface area contributed by atoms with Gasteiger partial charge in [-0.2, -0.15) is 0 Å². The second-order valence-electron chi connectivity index (χ2n) is 7.76. The second kappa shape index (κ2) is 8.73. The van der Waals surface area contributed by atoms with Gasteiger partial charge in [0, 0.05) is 37.7 Å². The molecule has 0 saturated carbocycles. The van der Waals surface area contributed by atoms with Crippen LogP contribution in [0.15, 0.2) is 30.3 Å². The van der Waals surface area contributed by atoms with Gasteiger partial charge in [-0.1, -0.05) is 13.0 Å². The monoisotopic (exact) mass is 409 g/mol. The molecule has 2 aliphatic rings. The first-order valence-corrected chi connectivity index (χ1v) is 10.5. The lowest BCUT2D eigenvalue weighted by molar-refractivity contribution is -0.131. The molecule has 2 aliphatic heterocycles. The normalized spacial score (nSPS) is 15.9. The quantitative estimate of drug-likeness (QED) is 0.820. The summed E-state index contributed by atoms with van der Waals surface area (Å²) in [7, 11) is 0. The van der Waals surface area contributed by atoms with Crippen molar-refractivity contribution in [2.45, 2.75) is 45.6 Å². The maximum atomic E-state index is 13.0. The molecule has 30 heavy (non-hydrogen) atoms. The predicted molar refractivity (Wildman–Crippen MR) is 112 cm³/mol. The van der Waals surface area contributed by atoms with Gasteiger partial charge in [-0.3, -0.25) is 14.6 Å². The number of piperidine rings is 1. The minimum absolute atomic E-state index is 0.137. The largest absolute Gasteiger partial charge is 0.454 e. The van der Waals surface area contributed by atoms with Crippen molar-refractivity contribution >= 4 is 11.8 Å². The summed E-state index contributed by atoms with van der Waals surface area (Å²) >= 11 is 0. The van der Waals surface area contributed by atoms with Gasteiger partial charge in [0.1, 0.15) is 0 Å². The Balaban J connectivity index is 1.45. The molecule has 0 bridgehead atoms. The van der Waals surface area contributed by atoms with E-state index in [9.17, 15) is 9.59 Å². The number of fused-ring (bicyclic) bond motifs is 1. The molecule has 0 spiro atoms. The number of aryl methyl sites for hydroxylation is 1. The summed E-state index contributed by atoms with van der Waals surface area (Å²) in [6.45, 7) is 5.88. The van der Waals surface area contributed by atoms with Crippen LogP contribution in [0.1, 0.15) is 59.4 Å². The highest BCUT2D eigenvalue weighted by Gasteiger charge is 2.27. The van der Waals surface area contributed by atoms with Gasteiger partial charge in [-0.05, 0) is 49.6 Å². The number of hydrogen-bond donors (Lipinski definition) is 1. The molecule has 2 aromatic rings. The van der Waals surface area contributed by atoms with E-state index >= 15 is 0 Å². The molecule has 0 aliphatic carbocycles. The smallest absolute Gasteiger partial charge is 0.253 e. The third kappa shape index (κ3) is 4.25. The molecular formula is C23H27N3O4. The molecule has 1 aromatic heterocycles. The summed E-state index contributed by atoms with van der Waals surface area (Å²) < 4.78 is 10.7. The van der Waals surface area contributed by atoms with Crippen molar-refractivity contribution in [1.29, 1.82) is 0 Å². The lowest BCUT2D eigenvalue weighted by atomic mass is 9.89. The zero-order chi connectivity index (χ0) is 21.1. The molecule has 7 nitrogen and oxygen atoms in total. The molecule has 0 unspecified atom stereocenters. The molecule has 2 amide bonds. The van der Waals surface area contributed by atoms with Crippen molar-refractivity contribution in [3.8, 4) is 11.5 Å². The lowest BCUT2D eigenvalue weighted by Crippen LogP contribution is -2.38. The summed E-state index contributed by atoms with van der Waals surface area (Å²) in [5, 5.41) is 3.00. The Kier molecular flexibility index (Phi) is 5.88. The molecule has 1 fully saturated rings. The van der Waals surface area contributed by atoms with Crippen LogP contribution in [-0.4, -0.2) is 41.6 Å². The second-order valence-corrected chi connectivity index (χ2v) is 7.76. The van der Waals surface area contributed by atoms with Crippen LogP contribution >= 0.6 is 0 Å². The predicted octanol–water partition coefficient (Wildman–Crippen LogP) is 3.16. The van der Waals surface area contributed by atoms with Crippen molar-refractivity contribution in [3.05, 3.63) is 52.8 Å². The third-order valence-corrected chi connectivity index (χ3v) is 5.74. The Hall–Kier alpha value is -3.09. The van der Waals surface area contributed by atoms with Crippen LogP contribution in [0.25, 0.3) is 0 Å². The van der Waals surface area contributed by atoms with E-state index < -0.39 is 0 Å². The fraction of sp³-hybridized carbons (Fsp3) is 0.435. The molecule has 1 aromatic carbocycles. The highest BCUT2D eigenvalue weighted by molar-refractivity contribution is 5.95. The first kappa shape index (κ1) is 20.2. The molecule has 1 N–H and O–H groups in total. The molecule has 7 heteroatoms. The van der Waals surface area contributed by atoms with Crippen molar-refractivity contribution in [3.63, 3.8) is 0 Å². The number of hydrogen-bond acceptors (Lipinski definition) is 5. The molecule has 0 atom stereocenters. The van der Waals surface area contributed by atoms with Crippen LogP contribution in [-0.2, 0) is 11.3 Å². The molecule has 1 saturated heterocycles. The maximum absolute atomic E-state index is 13.0. The van der Waals surface area contributed by atoms with E-state index in [0.29, 0.717) is 37.4 Å². The first-order valence-electron chi connectivity index (χ1n) is 10.5. The van der Waals surface area contributed by atoms with Crippen LogP contribution in [0.2, 0.25) is 0 Å². The van der Waals surface area contributed by atoms with Crippen molar-refractivity contribution < 1.29 is 19.1 Å². The average molecular weight is 409 g/mol. The Labute approximate surface area is 176 Å². The van der Waals surface area contributed by atoms with E-state index in [1.54, 1.807) is 0 Å². The zero-order valence-electron chi connectivity index (χ0n) is 17.4. The molecule has 0 radical (unpaired) electrons. The molecule has 4 rings (SSSR count). The Morgan fingerprint density at radius 2 is 1.90 bits per heavy atom. The highest BCUT2D eigenvalue weighted by Crippen LogP contribution is 2.33. The molecule has 3 heterocycles. The van der Waals surface area contributed by atoms with E-state index in [4.69, 9.17) is 14.5 Å². The van der Waals surface area contributed by atoms with Gasteiger partial charge in [-0.15, -0.1) is 0 Å². The topological polar surface area (TPSA) is 80.8 Å². The number of rotatable bonds is 5. The van der Waals surface area contributed by atoms with Gasteiger partial charge in [-0.25, -0.2) is 0 Å². The standard InChI is InChI=1S/C23H27N3O4/c1-3-21(27)26-10-8-17(9-11-26)22-18(6-4-15(2)25-22)23(28)24-13-16-5-7-19-20(12-16)30-14-29-19/h4-7,12,17H,3,8-11,13-14H2,1-2H3,(H,24,28). The SMILES string of the molecule is CCC(=O)N1CCC(c2nc(C)ccc2C(=O)NCc2ccc3c(c2)OCO3)CC1. The van der Waals surface area contributed by atoms with Crippen LogP contribution < -0.4 is 14.8 Å². The van der Waals surface area contributed by atoms with Crippen molar-refractivity contribution in [2.24, 2.45) is 0 Å². The van der Waals surface area contributed by atoms with Gasteiger partial charge < -0.3 is 19.7 Å². The first-order chi connectivity index (χ1) is 14.5. The number of carbonyl (C=O) groups is 2. The fourth-order valence-corrected chi connectivity index (χ4v) is 4.03. The van der Waals surface area contributed by atoms with Gasteiger partial charge >= 0.3 is 0 Å². The number of benzene rings is 1. The zero-order valence-corrected chi connectivity index (χ0v) is 17.4. The number of nitrogens with zero attached hydrogens (tertiary/aromatic N) is 2. The fourth-order valence-electron chi connectivity index (χ4n) is 4.03. The number of carbonyl (C=O) groups excluding carboxylic acids is 2. The Morgan fingerprint density at radius 1 is 1.13 bits per heavy atom. The molecule has 158 valence electrons. The third-order valence-electron chi connectivity index (χ3n) is 5.74. The molecular weight excluding hydrogens is 382 g/mol. The van der Waals surface area contributed by atoms with Gasteiger partial charge in [0.25, 0.3) is 5.91 Å². The summed E-state index contributed by atoms with van der Waals surface area (Å²) in [5.41, 5.74) is 3.29. The lowest BCUT2D eigenvalue weighted by Gasteiger charge is -2.32. The summed E-state index contributed by atoms with van der Waals surface area (Å²) in [6, 6.07) is 9.39. The van der Waals surface area contributed by atoms with Gasteiger partial charge in [0.15, 0.2) is 11.5 Å². The van der Waals surface area contributed by atoms with Crippen LogP contribution in [0.3, 0.4) is 0 Å². The van der Waals surface area contributed by atoms with Gasteiger partial charge in [0.05, 0.1) is 11.3 Å².